The number of carbonyl (C=O) groups is 1. The number of nitrogens with one attached hydrogen (secondary N) is 2. The van der Waals surface area contributed by atoms with Crippen LogP contribution in [0.3, 0.4) is 0 Å². The molecule has 0 unspecified atom stereocenters. The standard InChI is InChI=1S/C15H22N6O3/c1-4-12-16-14(19-18-12)11-8-21(5-6-23-11)10(3)15(22)17-13-7-9(2)20-24-13/h7,10-11H,4-6,8H2,1-3H3,(H,17,22)(H,16,18,19)/t10-,11+/m0/s1. The molecule has 0 spiro atoms. The molecule has 2 aromatic rings. The first-order valence-corrected chi connectivity index (χ1v) is 8.07. The smallest absolute Gasteiger partial charge is 0.243 e. The summed E-state index contributed by atoms with van der Waals surface area (Å²) < 4.78 is 10.8. The number of H-pyrrole nitrogens is 1. The van der Waals surface area contributed by atoms with Crippen LogP contribution in [0.15, 0.2) is 10.6 Å². The van der Waals surface area contributed by atoms with Gasteiger partial charge in [-0.2, -0.15) is 5.10 Å². The highest BCUT2D eigenvalue weighted by Gasteiger charge is 2.31. The third-order valence-electron chi connectivity index (χ3n) is 4.07. The van der Waals surface area contributed by atoms with Gasteiger partial charge in [0, 0.05) is 25.6 Å². The molecule has 3 heterocycles. The monoisotopic (exact) mass is 334 g/mol. The first-order chi connectivity index (χ1) is 11.6. The maximum Gasteiger partial charge on any atom is 0.243 e. The molecule has 2 N–H and O–H groups in total. The number of amides is 1. The van der Waals surface area contributed by atoms with Gasteiger partial charge in [0.15, 0.2) is 5.82 Å². The molecule has 1 aliphatic rings. The normalized spacial score (nSPS) is 20.0. The van der Waals surface area contributed by atoms with Crippen LogP contribution in [0, 0.1) is 6.92 Å². The Hall–Kier alpha value is -2.26. The van der Waals surface area contributed by atoms with Gasteiger partial charge in [0.1, 0.15) is 11.9 Å². The molecule has 1 saturated heterocycles. The van der Waals surface area contributed by atoms with E-state index in [9.17, 15) is 4.79 Å². The fourth-order valence-electron chi connectivity index (χ4n) is 2.60. The van der Waals surface area contributed by atoms with Gasteiger partial charge < -0.3 is 9.26 Å². The van der Waals surface area contributed by atoms with E-state index in [1.165, 1.54) is 0 Å². The van der Waals surface area contributed by atoms with Crippen molar-refractivity contribution in [1.29, 1.82) is 0 Å². The first kappa shape index (κ1) is 16.6. The summed E-state index contributed by atoms with van der Waals surface area (Å²) in [6.07, 6.45) is 0.553. The second kappa shape index (κ2) is 7.10. The van der Waals surface area contributed by atoms with Gasteiger partial charge in [-0.15, -0.1) is 0 Å². The molecule has 0 aliphatic carbocycles. The van der Waals surface area contributed by atoms with E-state index in [4.69, 9.17) is 9.26 Å². The Morgan fingerprint density at radius 2 is 2.42 bits per heavy atom. The van der Waals surface area contributed by atoms with E-state index < -0.39 is 0 Å². The maximum atomic E-state index is 12.4. The van der Waals surface area contributed by atoms with Gasteiger partial charge in [0.05, 0.1) is 18.3 Å². The first-order valence-electron chi connectivity index (χ1n) is 8.07. The number of hydrogen-bond acceptors (Lipinski definition) is 7. The average molecular weight is 334 g/mol. The van der Waals surface area contributed by atoms with E-state index in [2.05, 4.69) is 30.6 Å². The van der Waals surface area contributed by atoms with Crippen LogP contribution in [0.2, 0.25) is 0 Å². The summed E-state index contributed by atoms with van der Waals surface area (Å²) in [6, 6.07) is 1.36. The molecule has 1 aliphatic heterocycles. The summed E-state index contributed by atoms with van der Waals surface area (Å²) in [5.41, 5.74) is 0.723. The summed E-state index contributed by atoms with van der Waals surface area (Å²) in [5.74, 6) is 1.68. The van der Waals surface area contributed by atoms with Gasteiger partial charge in [-0.05, 0) is 13.8 Å². The van der Waals surface area contributed by atoms with E-state index in [-0.39, 0.29) is 18.1 Å². The van der Waals surface area contributed by atoms with Crippen molar-refractivity contribution < 1.29 is 14.1 Å². The zero-order valence-electron chi connectivity index (χ0n) is 14.1. The van der Waals surface area contributed by atoms with Crippen LogP contribution in [-0.2, 0) is 16.0 Å². The lowest BCUT2D eigenvalue weighted by Crippen LogP contribution is -2.48. The quantitative estimate of drug-likeness (QED) is 0.841. The van der Waals surface area contributed by atoms with Crippen molar-refractivity contribution in [2.45, 2.75) is 39.3 Å². The molecule has 0 aromatic carbocycles. The van der Waals surface area contributed by atoms with Crippen molar-refractivity contribution in [3.8, 4) is 0 Å². The Balaban J connectivity index is 1.61. The fraction of sp³-hybridized carbons (Fsp3) is 0.600. The van der Waals surface area contributed by atoms with Crippen molar-refractivity contribution in [2.24, 2.45) is 0 Å². The van der Waals surface area contributed by atoms with Crippen LogP contribution in [0.25, 0.3) is 0 Å². The summed E-state index contributed by atoms with van der Waals surface area (Å²) in [5, 5.41) is 13.6. The molecule has 9 nitrogen and oxygen atoms in total. The minimum atomic E-state index is -0.327. The highest BCUT2D eigenvalue weighted by molar-refractivity contribution is 5.93. The van der Waals surface area contributed by atoms with E-state index in [1.807, 2.05) is 13.8 Å². The van der Waals surface area contributed by atoms with E-state index >= 15 is 0 Å². The molecule has 1 fully saturated rings. The molecule has 9 heteroatoms. The number of rotatable bonds is 5. The molecule has 2 aromatic heterocycles. The zero-order valence-corrected chi connectivity index (χ0v) is 14.1. The third-order valence-corrected chi connectivity index (χ3v) is 4.07. The minimum Gasteiger partial charge on any atom is -0.367 e. The molecular weight excluding hydrogens is 312 g/mol. The second-order valence-electron chi connectivity index (χ2n) is 5.85. The summed E-state index contributed by atoms with van der Waals surface area (Å²) in [4.78, 5) is 18.9. The van der Waals surface area contributed by atoms with Crippen LogP contribution >= 0.6 is 0 Å². The Bertz CT molecular complexity index is 697. The lowest BCUT2D eigenvalue weighted by Gasteiger charge is -2.34. The van der Waals surface area contributed by atoms with E-state index in [1.54, 1.807) is 13.0 Å². The molecule has 1 amide bonds. The Kier molecular flexibility index (Phi) is 4.91. The van der Waals surface area contributed by atoms with Crippen LogP contribution in [-0.4, -0.2) is 56.9 Å². The predicted molar refractivity (Wildman–Crippen MR) is 85.4 cm³/mol. The van der Waals surface area contributed by atoms with Gasteiger partial charge in [-0.1, -0.05) is 12.1 Å². The SMILES string of the molecule is CCc1nc([C@H]2CN([C@@H](C)C(=O)Nc3cc(C)no3)CCO2)n[nH]1. The second-order valence-corrected chi connectivity index (χ2v) is 5.85. The molecule has 2 atom stereocenters. The number of ether oxygens (including phenoxy) is 1. The Morgan fingerprint density at radius 3 is 3.08 bits per heavy atom. The van der Waals surface area contributed by atoms with Crippen molar-refractivity contribution in [3.63, 3.8) is 0 Å². The topological polar surface area (TPSA) is 109 Å². The average Bonchev–Trinajstić information content (AvgIpc) is 3.23. The number of nitrogens with zero attached hydrogens (tertiary/aromatic N) is 4. The summed E-state index contributed by atoms with van der Waals surface area (Å²) in [6.45, 7) is 7.43. The molecule has 3 rings (SSSR count). The minimum absolute atomic E-state index is 0.143. The van der Waals surface area contributed by atoms with Crippen LogP contribution in [0.1, 0.15) is 37.3 Å². The number of carbonyl (C=O) groups excluding carboxylic acids is 1. The van der Waals surface area contributed by atoms with Gasteiger partial charge in [-0.25, -0.2) is 4.98 Å². The van der Waals surface area contributed by atoms with Crippen molar-refractivity contribution in [1.82, 2.24) is 25.2 Å². The zero-order chi connectivity index (χ0) is 17.1. The highest BCUT2D eigenvalue weighted by atomic mass is 16.5. The molecular formula is C15H22N6O3. The van der Waals surface area contributed by atoms with Crippen LogP contribution in [0.4, 0.5) is 5.88 Å². The van der Waals surface area contributed by atoms with Crippen molar-refractivity contribution in [3.05, 3.63) is 23.4 Å². The molecule has 0 saturated carbocycles. The third kappa shape index (κ3) is 3.62. The molecule has 0 bridgehead atoms. The largest absolute Gasteiger partial charge is 0.367 e. The Morgan fingerprint density at radius 1 is 1.58 bits per heavy atom. The van der Waals surface area contributed by atoms with Crippen LogP contribution < -0.4 is 5.32 Å². The van der Waals surface area contributed by atoms with Gasteiger partial charge >= 0.3 is 0 Å². The van der Waals surface area contributed by atoms with Gasteiger partial charge in [-0.3, -0.25) is 20.1 Å². The lowest BCUT2D eigenvalue weighted by atomic mass is 10.2. The molecule has 0 radical (unpaired) electrons. The number of morpholine rings is 1. The van der Waals surface area contributed by atoms with Crippen LogP contribution in [0.5, 0.6) is 0 Å². The van der Waals surface area contributed by atoms with E-state index in [0.29, 0.717) is 31.4 Å². The summed E-state index contributed by atoms with van der Waals surface area (Å²) >= 11 is 0. The predicted octanol–water partition coefficient (Wildman–Crippen LogP) is 1.06. The van der Waals surface area contributed by atoms with Crippen molar-refractivity contribution in [2.75, 3.05) is 25.0 Å². The number of aryl methyl sites for hydroxylation is 2. The lowest BCUT2D eigenvalue weighted by molar-refractivity contribution is -0.124. The van der Waals surface area contributed by atoms with Crippen molar-refractivity contribution >= 4 is 11.8 Å². The number of aromatic nitrogens is 4. The van der Waals surface area contributed by atoms with Gasteiger partial charge in [0.2, 0.25) is 11.8 Å². The summed E-state index contributed by atoms with van der Waals surface area (Å²) in [7, 11) is 0. The maximum absolute atomic E-state index is 12.4. The molecule has 130 valence electrons. The van der Waals surface area contributed by atoms with Gasteiger partial charge in [0.25, 0.3) is 0 Å². The highest BCUT2D eigenvalue weighted by Crippen LogP contribution is 2.21. The number of hydrogen-bond donors (Lipinski definition) is 2. The van der Waals surface area contributed by atoms with E-state index in [0.717, 1.165) is 17.9 Å². The fourth-order valence-corrected chi connectivity index (χ4v) is 2.60. The molecule has 24 heavy (non-hydrogen) atoms. The number of anilines is 1. The Labute approximate surface area is 139 Å². The number of aromatic amines is 1.